The lowest BCUT2D eigenvalue weighted by Crippen LogP contribution is -2.49. The average molecular weight is 370 g/mol. The van der Waals surface area contributed by atoms with Gasteiger partial charge in [-0.25, -0.2) is 4.79 Å². The van der Waals surface area contributed by atoms with Crippen molar-refractivity contribution in [3.8, 4) is 0 Å². The van der Waals surface area contributed by atoms with Gasteiger partial charge in [-0.2, -0.15) is 0 Å². The minimum atomic E-state index is -0.177. The van der Waals surface area contributed by atoms with E-state index in [0.717, 1.165) is 24.8 Å². The quantitative estimate of drug-likeness (QED) is 0.685. The number of rotatable bonds is 5. The molecule has 1 fully saturated rings. The number of carbonyl (C=O) groups is 3. The Balaban J connectivity index is 1.43. The second-order valence-corrected chi connectivity index (χ2v) is 6.99. The van der Waals surface area contributed by atoms with Gasteiger partial charge >= 0.3 is 6.03 Å². The van der Waals surface area contributed by atoms with Crippen LogP contribution in [0.2, 0.25) is 0 Å². The Morgan fingerprint density at radius 1 is 1.15 bits per heavy atom. The molecule has 0 aromatic heterocycles. The molecule has 27 heavy (non-hydrogen) atoms. The molecule has 7 nitrogen and oxygen atoms in total. The first-order chi connectivity index (χ1) is 13.1. The van der Waals surface area contributed by atoms with E-state index in [-0.39, 0.29) is 24.4 Å². The Kier molecular flexibility index (Phi) is 6.46. The monoisotopic (exact) mass is 370 g/mol. The maximum Gasteiger partial charge on any atom is 0.315 e. The van der Waals surface area contributed by atoms with Gasteiger partial charge in [-0.05, 0) is 42.9 Å². The van der Waals surface area contributed by atoms with Crippen LogP contribution < -0.4 is 16.0 Å². The third kappa shape index (κ3) is 5.57. The van der Waals surface area contributed by atoms with Gasteiger partial charge in [0.2, 0.25) is 5.91 Å². The molecule has 0 spiro atoms. The third-order valence-electron chi connectivity index (χ3n) is 4.91. The third-order valence-corrected chi connectivity index (χ3v) is 4.91. The molecular formula is C20H26N4O3. The van der Waals surface area contributed by atoms with Gasteiger partial charge < -0.3 is 20.9 Å². The summed E-state index contributed by atoms with van der Waals surface area (Å²) in [5, 5.41) is 8.46. The molecule has 3 N–H and O–H groups in total. The lowest BCUT2D eigenvalue weighted by molar-refractivity contribution is -0.123. The van der Waals surface area contributed by atoms with E-state index in [9.17, 15) is 14.4 Å². The topological polar surface area (TPSA) is 90.5 Å². The number of nitrogens with one attached hydrogen (secondary N) is 3. The summed E-state index contributed by atoms with van der Waals surface area (Å²) in [5.74, 6) is 0.234. The van der Waals surface area contributed by atoms with Crippen LogP contribution in [0.4, 0.5) is 4.79 Å². The van der Waals surface area contributed by atoms with Gasteiger partial charge in [-0.15, -0.1) is 0 Å². The van der Waals surface area contributed by atoms with E-state index in [1.54, 1.807) is 17.0 Å². The van der Waals surface area contributed by atoms with Gasteiger partial charge in [0, 0.05) is 31.7 Å². The van der Waals surface area contributed by atoms with Crippen LogP contribution in [0.15, 0.2) is 36.4 Å². The van der Waals surface area contributed by atoms with E-state index in [2.05, 4.69) is 28.1 Å². The molecule has 1 atom stereocenters. The minimum absolute atomic E-state index is 0.0963. The normalized spacial score (nSPS) is 19.3. The summed E-state index contributed by atoms with van der Waals surface area (Å²) in [5.41, 5.74) is 1.46. The van der Waals surface area contributed by atoms with Crippen LogP contribution in [0.1, 0.15) is 35.2 Å². The van der Waals surface area contributed by atoms with Gasteiger partial charge in [-0.3, -0.25) is 9.59 Å². The fourth-order valence-electron chi connectivity index (χ4n) is 3.28. The predicted octanol–water partition coefficient (Wildman–Crippen LogP) is 1.41. The number of allylic oxidation sites excluding steroid dienone is 2. The van der Waals surface area contributed by atoms with Crippen molar-refractivity contribution in [2.75, 3.05) is 26.2 Å². The van der Waals surface area contributed by atoms with Crippen molar-refractivity contribution in [2.45, 2.75) is 25.8 Å². The molecule has 0 saturated carbocycles. The molecule has 0 radical (unpaired) electrons. The summed E-state index contributed by atoms with van der Waals surface area (Å²) >= 11 is 0. The first-order valence-electron chi connectivity index (χ1n) is 9.43. The molecule has 1 aliphatic heterocycles. The van der Waals surface area contributed by atoms with Gasteiger partial charge in [0.1, 0.15) is 0 Å². The summed E-state index contributed by atoms with van der Waals surface area (Å²) in [7, 11) is 0. The standard InChI is InChI=1S/C20H26N4O3/c25-18-14-24(11-10-21-18)19(26)17-8-6-16(7-9-17)13-23-20(27)22-12-15-4-2-1-3-5-15/h1-2,6-9,15H,3-5,10-14H2,(H,21,25)(H2,22,23,27)/t15-/m0/s1. The molecule has 0 bridgehead atoms. The Morgan fingerprint density at radius 2 is 1.96 bits per heavy atom. The minimum Gasteiger partial charge on any atom is -0.353 e. The first-order valence-corrected chi connectivity index (χ1v) is 9.43. The summed E-state index contributed by atoms with van der Waals surface area (Å²) in [4.78, 5) is 37.3. The van der Waals surface area contributed by atoms with Crippen LogP contribution in [-0.4, -0.2) is 48.9 Å². The molecular weight excluding hydrogens is 344 g/mol. The zero-order chi connectivity index (χ0) is 19.1. The molecule has 0 unspecified atom stereocenters. The van der Waals surface area contributed by atoms with Gasteiger partial charge in [-0.1, -0.05) is 24.3 Å². The van der Waals surface area contributed by atoms with Crippen LogP contribution in [0.25, 0.3) is 0 Å². The Bertz CT molecular complexity index is 714. The van der Waals surface area contributed by atoms with Crippen molar-refractivity contribution in [3.05, 3.63) is 47.5 Å². The van der Waals surface area contributed by atoms with E-state index in [4.69, 9.17) is 0 Å². The smallest absolute Gasteiger partial charge is 0.315 e. The molecule has 144 valence electrons. The zero-order valence-corrected chi connectivity index (χ0v) is 15.4. The molecule has 2 aliphatic rings. The van der Waals surface area contributed by atoms with Crippen molar-refractivity contribution in [2.24, 2.45) is 5.92 Å². The van der Waals surface area contributed by atoms with Gasteiger partial charge in [0.05, 0.1) is 6.54 Å². The lowest BCUT2D eigenvalue weighted by atomic mass is 9.94. The maximum atomic E-state index is 12.4. The second-order valence-electron chi connectivity index (χ2n) is 6.99. The number of urea groups is 1. The Morgan fingerprint density at radius 3 is 2.67 bits per heavy atom. The number of hydrogen-bond acceptors (Lipinski definition) is 3. The predicted molar refractivity (Wildman–Crippen MR) is 102 cm³/mol. The number of benzene rings is 1. The number of amides is 4. The van der Waals surface area contributed by atoms with Gasteiger partial charge in [0.25, 0.3) is 5.91 Å². The molecule has 7 heteroatoms. The van der Waals surface area contributed by atoms with E-state index in [1.807, 2.05) is 12.1 Å². The number of nitrogens with zero attached hydrogens (tertiary/aromatic N) is 1. The van der Waals surface area contributed by atoms with Crippen LogP contribution in [0, 0.1) is 5.92 Å². The summed E-state index contributed by atoms with van der Waals surface area (Å²) in [6.45, 7) is 2.19. The van der Waals surface area contributed by atoms with E-state index >= 15 is 0 Å². The van der Waals surface area contributed by atoms with E-state index in [1.165, 1.54) is 0 Å². The average Bonchev–Trinajstić information content (AvgIpc) is 2.71. The highest BCUT2D eigenvalue weighted by Crippen LogP contribution is 2.16. The van der Waals surface area contributed by atoms with Crippen LogP contribution in [0.3, 0.4) is 0 Å². The van der Waals surface area contributed by atoms with Gasteiger partial charge in [0.15, 0.2) is 0 Å². The molecule has 1 saturated heterocycles. The first kappa shape index (κ1) is 18.9. The molecule has 3 rings (SSSR count). The fourth-order valence-corrected chi connectivity index (χ4v) is 3.28. The van der Waals surface area contributed by atoms with E-state index in [0.29, 0.717) is 37.7 Å². The fraction of sp³-hybridized carbons (Fsp3) is 0.450. The molecule has 1 aliphatic carbocycles. The zero-order valence-electron chi connectivity index (χ0n) is 15.4. The van der Waals surface area contributed by atoms with E-state index < -0.39 is 0 Å². The highest BCUT2D eigenvalue weighted by molar-refractivity contribution is 5.97. The molecule has 1 aromatic rings. The van der Waals surface area contributed by atoms with Crippen molar-refractivity contribution >= 4 is 17.8 Å². The van der Waals surface area contributed by atoms with Crippen molar-refractivity contribution in [1.29, 1.82) is 0 Å². The van der Waals surface area contributed by atoms with Crippen LogP contribution >= 0.6 is 0 Å². The second kappa shape index (κ2) is 9.21. The van der Waals surface area contributed by atoms with Crippen LogP contribution in [-0.2, 0) is 11.3 Å². The highest BCUT2D eigenvalue weighted by atomic mass is 16.2. The summed E-state index contributed by atoms with van der Waals surface area (Å²) in [6.07, 6.45) is 7.58. The largest absolute Gasteiger partial charge is 0.353 e. The number of piperazine rings is 1. The van der Waals surface area contributed by atoms with Crippen molar-refractivity contribution in [1.82, 2.24) is 20.9 Å². The highest BCUT2D eigenvalue weighted by Gasteiger charge is 2.22. The Hall–Kier alpha value is -2.83. The SMILES string of the molecule is O=C1CN(C(=O)c2ccc(CNC(=O)NC[C@H]3CC=CCC3)cc2)CCN1. The lowest BCUT2D eigenvalue weighted by Gasteiger charge is -2.26. The summed E-state index contributed by atoms with van der Waals surface area (Å²) in [6, 6.07) is 6.94. The van der Waals surface area contributed by atoms with Crippen molar-refractivity contribution in [3.63, 3.8) is 0 Å². The maximum absolute atomic E-state index is 12.4. The molecule has 1 heterocycles. The number of hydrogen-bond donors (Lipinski definition) is 3. The number of carbonyl (C=O) groups excluding carboxylic acids is 3. The molecule has 4 amide bonds. The van der Waals surface area contributed by atoms with Crippen LogP contribution in [0.5, 0.6) is 0 Å². The summed E-state index contributed by atoms with van der Waals surface area (Å²) < 4.78 is 0. The molecule has 1 aromatic carbocycles. The van der Waals surface area contributed by atoms with Crippen molar-refractivity contribution < 1.29 is 14.4 Å². The Labute approximate surface area is 159 Å².